The lowest BCUT2D eigenvalue weighted by Crippen LogP contribution is -2.24. The number of unbranched alkanes of at least 4 members (excludes halogenated alkanes) is 3. The van der Waals surface area contributed by atoms with E-state index in [0.29, 0.717) is 12.3 Å². The second-order valence-electron chi connectivity index (χ2n) is 3.55. The first-order valence-corrected chi connectivity index (χ1v) is 7.55. The molecule has 15 heavy (non-hydrogen) atoms. The summed E-state index contributed by atoms with van der Waals surface area (Å²) in [5.74, 6) is 2.05. The van der Waals surface area contributed by atoms with Crippen LogP contribution in [0.15, 0.2) is 0 Å². The van der Waals surface area contributed by atoms with Gasteiger partial charge in [-0.1, -0.05) is 6.42 Å². The first kappa shape index (κ1) is 15.1. The Labute approximate surface area is 103 Å². The highest BCUT2D eigenvalue weighted by Gasteiger charge is 1.99. The van der Waals surface area contributed by atoms with E-state index in [1.165, 1.54) is 18.6 Å². The second kappa shape index (κ2) is 12.2. The molecule has 0 aromatic rings. The Kier molecular flexibility index (Phi) is 12.3. The number of alkyl halides is 1. The number of carbonyl (C=O) groups excluding carboxylic acids is 1. The maximum absolute atomic E-state index is 11.2. The highest BCUT2D eigenvalue weighted by atomic mass is 35.5. The Bertz CT molecular complexity index is 156. The van der Waals surface area contributed by atoms with E-state index in [9.17, 15) is 4.79 Å². The quantitative estimate of drug-likeness (QED) is 0.478. The number of hydrogen-bond acceptors (Lipinski definition) is 2. The van der Waals surface area contributed by atoms with E-state index in [4.69, 9.17) is 11.6 Å². The molecular formula is C11H22ClNOS. The van der Waals surface area contributed by atoms with Gasteiger partial charge in [-0.2, -0.15) is 11.8 Å². The number of carbonyl (C=O) groups is 1. The summed E-state index contributed by atoms with van der Waals surface area (Å²) in [5, 5.41) is 2.93. The highest BCUT2D eigenvalue weighted by Crippen LogP contribution is 2.01. The van der Waals surface area contributed by atoms with Crippen molar-refractivity contribution in [2.45, 2.75) is 38.5 Å². The summed E-state index contributed by atoms with van der Waals surface area (Å²) in [6.07, 6.45) is 8.15. The molecule has 0 spiro atoms. The van der Waals surface area contributed by atoms with E-state index < -0.39 is 0 Å². The molecule has 0 radical (unpaired) electrons. The Morgan fingerprint density at radius 1 is 1.20 bits per heavy atom. The predicted octanol–water partition coefficient (Wildman–Crippen LogP) is 3.05. The number of rotatable bonds is 10. The molecule has 0 heterocycles. The predicted molar refractivity (Wildman–Crippen MR) is 69.8 cm³/mol. The van der Waals surface area contributed by atoms with Crippen LogP contribution in [0.4, 0.5) is 0 Å². The lowest BCUT2D eigenvalue weighted by molar-refractivity contribution is -0.121. The lowest BCUT2D eigenvalue weighted by Gasteiger charge is -2.04. The van der Waals surface area contributed by atoms with Crippen LogP contribution in [-0.4, -0.2) is 30.3 Å². The van der Waals surface area contributed by atoms with Gasteiger partial charge in [0.2, 0.25) is 5.91 Å². The zero-order valence-corrected chi connectivity index (χ0v) is 11.1. The molecule has 0 aliphatic heterocycles. The third-order valence-corrected chi connectivity index (χ3v) is 3.10. The van der Waals surface area contributed by atoms with Gasteiger partial charge >= 0.3 is 0 Å². The second-order valence-corrected chi connectivity index (χ2v) is 4.91. The molecule has 0 fully saturated rings. The van der Waals surface area contributed by atoms with Gasteiger partial charge in [0, 0.05) is 18.8 Å². The van der Waals surface area contributed by atoms with Crippen molar-refractivity contribution in [2.75, 3.05) is 24.4 Å². The third kappa shape index (κ3) is 12.0. The lowest BCUT2D eigenvalue weighted by atomic mass is 10.2. The molecule has 0 aromatic heterocycles. The van der Waals surface area contributed by atoms with Crippen molar-refractivity contribution in [3.05, 3.63) is 0 Å². The Balaban J connectivity index is 3.10. The van der Waals surface area contributed by atoms with Gasteiger partial charge in [-0.15, -0.1) is 11.6 Å². The van der Waals surface area contributed by atoms with Gasteiger partial charge in [0.05, 0.1) is 0 Å². The summed E-state index contributed by atoms with van der Waals surface area (Å²) < 4.78 is 0. The van der Waals surface area contributed by atoms with Crippen LogP contribution in [0.1, 0.15) is 38.5 Å². The van der Waals surface area contributed by atoms with Crippen LogP contribution in [-0.2, 0) is 4.79 Å². The van der Waals surface area contributed by atoms with Gasteiger partial charge in [0.25, 0.3) is 0 Å². The molecule has 0 saturated heterocycles. The molecule has 0 saturated carbocycles. The molecule has 0 aromatic carbocycles. The molecule has 4 heteroatoms. The molecule has 90 valence electrons. The molecular weight excluding hydrogens is 230 g/mol. The number of halogens is 1. The van der Waals surface area contributed by atoms with E-state index >= 15 is 0 Å². The van der Waals surface area contributed by atoms with E-state index in [2.05, 4.69) is 11.6 Å². The summed E-state index contributed by atoms with van der Waals surface area (Å²) in [6, 6.07) is 0. The maximum atomic E-state index is 11.2. The van der Waals surface area contributed by atoms with Gasteiger partial charge in [-0.25, -0.2) is 0 Å². The van der Waals surface area contributed by atoms with Crippen molar-refractivity contribution in [1.29, 1.82) is 0 Å². The average Bonchev–Trinajstić information content (AvgIpc) is 2.23. The van der Waals surface area contributed by atoms with E-state index in [0.717, 1.165) is 25.8 Å². The van der Waals surface area contributed by atoms with Crippen LogP contribution in [0.2, 0.25) is 0 Å². The van der Waals surface area contributed by atoms with E-state index in [1.807, 2.05) is 11.8 Å². The van der Waals surface area contributed by atoms with Crippen molar-refractivity contribution in [2.24, 2.45) is 0 Å². The smallest absolute Gasteiger partial charge is 0.219 e. The van der Waals surface area contributed by atoms with Crippen molar-refractivity contribution >= 4 is 29.3 Å². The number of hydrogen-bond donors (Lipinski definition) is 1. The minimum Gasteiger partial charge on any atom is -0.356 e. The van der Waals surface area contributed by atoms with E-state index in [-0.39, 0.29) is 5.91 Å². The van der Waals surface area contributed by atoms with Gasteiger partial charge in [0.1, 0.15) is 0 Å². The van der Waals surface area contributed by atoms with Crippen molar-refractivity contribution in [3.63, 3.8) is 0 Å². The van der Waals surface area contributed by atoms with Gasteiger partial charge in [-0.05, 0) is 37.7 Å². The van der Waals surface area contributed by atoms with Crippen LogP contribution < -0.4 is 5.32 Å². The Morgan fingerprint density at radius 2 is 2.00 bits per heavy atom. The molecule has 1 amide bonds. The van der Waals surface area contributed by atoms with Crippen LogP contribution in [0.25, 0.3) is 0 Å². The van der Waals surface area contributed by atoms with Crippen molar-refractivity contribution < 1.29 is 4.79 Å². The third-order valence-electron chi connectivity index (χ3n) is 2.13. The fourth-order valence-corrected chi connectivity index (χ4v) is 1.93. The molecule has 0 bridgehead atoms. The van der Waals surface area contributed by atoms with Crippen LogP contribution in [0.5, 0.6) is 0 Å². The SMILES string of the molecule is CSCCCCCNC(=O)CCCCCl. The zero-order valence-electron chi connectivity index (χ0n) is 9.56. The van der Waals surface area contributed by atoms with Crippen LogP contribution in [0, 0.1) is 0 Å². The number of nitrogens with one attached hydrogen (secondary N) is 1. The van der Waals surface area contributed by atoms with Gasteiger partial charge in [0.15, 0.2) is 0 Å². The number of amides is 1. The average molecular weight is 252 g/mol. The normalized spacial score (nSPS) is 10.3. The molecule has 2 nitrogen and oxygen atoms in total. The van der Waals surface area contributed by atoms with Crippen LogP contribution >= 0.6 is 23.4 Å². The van der Waals surface area contributed by atoms with Crippen molar-refractivity contribution in [3.8, 4) is 0 Å². The highest BCUT2D eigenvalue weighted by molar-refractivity contribution is 7.98. The standard InChI is InChI=1S/C11H22ClNOS/c1-15-10-6-2-5-9-13-11(14)7-3-4-8-12/h2-10H2,1H3,(H,13,14). The minimum atomic E-state index is 0.171. The summed E-state index contributed by atoms with van der Waals surface area (Å²) in [7, 11) is 0. The fraction of sp³-hybridized carbons (Fsp3) is 0.909. The van der Waals surface area contributed by atoms with Gasteiger partial charge in [-0.3, -0.25) is 4.79 Å². The summed E-state index contributed by atoms with van der Waals surface area (Å²) in [4.78, 5) is 11.2. The number of thioether (sulfide) groups is 1. The summed E-state index contributed by atoms with van der Waals surface area (Å²) in [5.41, 5.74) is 0. The minimum absolute atomic E-state index is 0.171. The maximum Gasteiger partial charge on any atom is 0.219 e. The van der Waals surface area contributed by atoms with Gasteiger partial charge < -0.3 is 5.32 Å². The molecule has 0 aliphatic carbocycles. The summed E-state index contributed by atoms with van der Waals surface area (Å²) >= 11 is 7.41. The zero-order chi connectivity index (χ0) is 11.4. The largest absolute Gasteiger partial charge is 0.356 e. The van der Waals surface area contributed by atoms with Crippen molar-refractivity contribution in [1.82, 2.24) is 5.32 Å². The first-order valence-electron chi connectivity index (χ1n) is 5.63. The van der Waals surface area contributed by atoms with Crippen LogP contribution in [0.3, 0.4) is 0 Å². The summed E-state index contributed by atoms with van der Waals surface area (Å²) in [6.45, 7) is 0.827. The molecule has 0 rings (SSSR count). The monoisotopic (exact) mass is 251 g/mol. The fourth-order valence-electron chi connectivity index (χ4n) is 1.24. The van der Waals surface area contributed by atoms with E-state index in [1.54, 1.807) is 0 Å². The molecule has 1 N–H and O–H groups in total. The first-order chi connectivity index (χ1) is 7.31. The Hall–Kier alpha value is 0.110. The molecule has 0 unspecified atom stereocenters. The topological polar surface area (TPSA) is 29.1 Å². The Morgan fingerprint density at radius 3 is 2.67 bits per heavy atom. The molecule has 0 aliphatic rings. The molecule has 0 atom stereocenters.